The lowest BCUT2D eigenvalue weighted by Gasteiger charge is -2.38. The summed E-state index contributed by atoms with van der Waals surface area (Å²) in [7, 11) is 2.11. The van der Waals surface area contributed by atoms with E-state index in [1.165, 1.54) is 0 Å². The highest BCUT2D eigenvalue weighted by Gasteiger charge is 2.32. The third kappa shape index (κ3) is 11.8. The van der Waals surface area contributed by atoms with E-state index in [-0.39, 0.29) is 37.0 Å². The molecule has 3 atom stereocenters. The third-order valence-electron chi connectivity index (χ3n) is 9.28. The maximum Gasteiger partial charge on any atom is 0.243 e. The Morgan fingerprint density at radius 3 is 2.25 bits per heavy atom. The quantitative estimate of drug-likeness (QED) is 0.0533. The molecular formula is C41H50N4O6. The van der Waals surface area contributed by atoms with Crippen molar-refractivity contribution in [3.63, 3.8) is 0 Å². The zero-order valence-electron chi connectivity index (χ0n) is 29.4. The van der Waals surface area contributed by atoms with Gasteiger partial charge < -0.3 is 24.8 Å². The van der Waals surface area contributed by atoms with Gasteiger partial charge in [0.1, 0.15) is 0 Å². The van der Waals surface area contributed by atoms with E-state index >= 15 is 0 Å². The minimum Gasteiger partial charge on any atom is -0.392 e. The molecule has 10 nitrogen and oxygen atoms in total. The Labute approximate surface area is 300 Å². The summed E-state index contributed by atoms with van der Waals surface area (Å²) in [6, 6.07) is 30.3. The Bertz CT molecular complexity index is 1650. The number of aromatic nitrogens is 1. The van der Waals surface area contributed by atoms with Crippen LogP contribution in [-0.4, -0.2) is 58.3 Å². The molecule has 0 radical (unpaired) electrons. The Hall–Kier alpha value is -4.45. The molecule has 1 fully saturated rings. The minimum absolute atomic E-state index is 0.000403. The fourth-order valence-corrected chi connectivity index (χ4v) is 6.36. The zero-order valence-corrected chi connectivity index (χ0v) is 29.4. The van der Waals surface area contributed by atoms with Crippen molar-refractivity contribution in [1.82, 2.24) is 20.7 Å². The standard InChI is InChI=1S/C41H50N4O6/c1-45(25-23-35-11-8-9-24-42-35)28-36-26-38(32-17-15-30(29-46)16-18-32)51-41(50-36)33-21-19-31(20-22-33)37-12-7-6-10-34(37)27-43-39(47)13-4-2-3-5-14-40(48)44-49/h6-12,15-22,24,36,38,41,46,49H,2-5,13-14,23,25-29H2,1H3,(H,43,47)(H,44,48). The smallest absolute Gasteiger partial charge is 0.243 e. The number of hydrogen-bond acceptors (Lipinski definition) is 8. The molecule has 1 aromatic heterocycles. The highest BCUT2D eigenvalue weighted by Crippen LogP contribution is 2.38. The number of ether oxygens (including phenoxy) is 2. The number of rotatable bonds is 18. The van der Waals surface area contributed by atoms with E-state index in [1.54, 1.807) is 5.48 Å². The van der Waals surface area contributed by atoms with Crippen LogP contribution in [0.5, 0.6) is 0 Å². The van der Waals surface area contributed by atoms with Gasteiger partial charge >= 0.3 is 0 Å². The number of pyridine rings is 1. The van der Waals surface area contributed by atoms with Gasteiger partial charge in [-0.15, -0.1) is 0 Å². The third-order valence-corrected chi connectivity index (χ3v) is 9.28. The molecule has 0 saturated carbocycles. The number of nitrogens with one attached hydrogen (secondary N) is 2. The number of hydroxylamine groups is 1. The summed E-state index contributed by atoms with van der Waals surface area (Å²) in [6.45, 7) is 2.03. The molecule has 270 valence electrons. The van der Waals surface area contributed by atoms with E-state index in [1.807, 2.05) is 60.8 Å². The van der Waals surface area contributed by atoms with Crippen LogP contribution in [0.25, 0.3) is 11.1 Å². The van der Waals surface area contributed by atoms with Crippen LogP contribution in [0, 0.1) is 0 Å². The van der Waals surface area contributed by atoms with Crippen LogP contribution in [0.3, 0.4) is 0 Å². The second-order valence-electron chi connectivity index (χ2n) is 13.2. The average molecular weight is 695 g/mol. The van der Waals surface area contributed by atoms with Gasteiger partial charge in [0.25, 0.3) is 0 Å². The largest absolute Gasteiger partial charge is 0.392 e. The van der Waals surface area contributed by atoms with E-state index in [2.05, 4.69) is 58.6 Å². The second kappa shape index (κ2) is 19.8. The number of benzene rings is 3. The van der Waals surface area contributed by atoms with Gasteiger partial charge in [0.15, 0.2) is 6.29 Å². The monoisotopic (exact) mass is 694 g/mol. The van der Waals surface area contributed by atoms with Crippen molar-refractivity contribution in [3.8, 4) is 11.1 Å². The van der Waals surface area contributed by atoms with Gasteiger partial charge in [-0.05, 0) is 59.8 Å². The summed E-state index contributed by atoms with van der Waals surface area (Å²) in [5, 5.41) is 21.2. The molecule has 5 rings (SSSR count). The van der Waals surface area contributed by atoms with Crippen LogP contribution in [0.15, 0.2) is 97.2 Å². The maximum atomic E-state index is 12.6. The van der Waals surface area contributed by atoms with E-state index < -0.39 is 6.29 Å². The number of nitrogens with zero attached hydrogens (tertiary/aromatic N) is 2. The second-order valence-corrected chi connectivity index (χ2v) is 13.2. The number of amides is 2. The van der Waals surface area contributed by atoms with Crippen LogP contribution in [0.4, 0.5) is 0 Å². The summed E-state index contributed by atoms with van der Waals surface area (Å²) >= 11 is 0. The van der Waals surface area contributed by atoms with Gasteiger partial charge in [-0.3, -0.25) is 19.8 Å². The fourth-order valence-electron chi connectivity index (χ4n) is 6.36. The molecule has 3 unspecified atom stereocenters. The number of unbranched alkanes of at least 4 members (excludes halogenated alkanes) is 3. The Kier molecular flexibility index (Phi) is 14.7. The van der Waals surface area contributed by atoms with Gasteiger partial charge in [-0.25, -0.2) is 5.48 Å². The average Bonchev–Trinajstić information content (AvgIpc) is 3.18. The van der Waals surface area contributed by atoms with E-state index in [0.717, 1.165) is 77.8 Å². The Morgan fingerprint density at radius 2 is 1.55 bits per heavy atom. The van der Waals surface area contributed by atoms with E-state index in [4.69, 9.17) is 14.7 Å². The molecule has 4 N–H and O–H groups in total. The van der Waals surface area contributed by atoms with Crippen molar-refractivity contribution in [3.05, 3.63) is 125 Å². The number of likely N-dealkylation sites (N-methyl/N-ethyl adjacent to an activating group) is 1. The first-order valence-corrected chi connectivity index (χ1v) is 17.9. The number of hydrogen-bond donors (Lipinski definition) is 4. The van der Waals surface area contributed by atoms with Crippen LogP contribution in [-0.2, 0) is 38.6 Å². The normalized spacial score (nSPS) is 17.3. The first kappa shape index (κ1) is 37.8. The molecular weight excluding hydrogens is 644 g/mol. The topological polar surface area (TPSA) is 133 Å². The van der Waals surface area contributed by atoms with Crippen molar-refractivity contribution in [1.29, 1.82) is 0 Å². The number of carbonyl (C=O) groups excluding carboxylic acids is 2. The summed E-state index contributed by atoms with van der Waals surface area (Å²) in [5.74, 6) is -0.384. The highest BCUT2D eigenvalue weighted by molar-refractivity contribution is 5.76. The van der Waals surface area contributed by atoms with Gasteiger partial charge in [0.05, 0.1) is 18.8 Å². The lowest BCUT2D eigenvalue weighted by atomic mass is 9.97. The molecule has 1 aliphatic rings. The summed E-state index contributed by atoms with van der Waals surface area (Å²) in [6.07, 6.45) is 6.46. The first-order valence-electron chi connectivity index (χ1n) is 17.9. The van der Waals surface area contributed by atoms with Crippen LogP contribution < -0.4 is 10.8 Å². The minimum atomic E-state index is -0.550. The molecule has 3 aromatic carbocycles. The number of carbonyl (C=O) groups is 2. The lowest BCUT2D eigenvalue weighted by Crippen LogP contribution is -2.38. The highest BCUT2D eigenvalue weighted by atomic mass is 16.7. The Morgan fingerprint density at radius 1 is 0.843 bits per heavy atom. The summed E-state index contributed by atoms with van der Waals surface area (Å²) in [5.41, 5.74) is 8.67. The van der Waals surface area contributed by atoms with Crippen molar-refractivity contribution >= 4 is 11.8 Å². The molecule has 1 saturated heterocycles. The lowest BCUT2D eigenvalue weighted by molar-refractivity contribution is -0.252. The predicted molar refractivity (Wildman–Crippen MR) is 195 cm³/mol. The zero-order chi connectivity index (χ0) is 35.8. The number of aliphatic hydroxyl groups is 1. The SMILES string of the molecule is CN(CCc1ccccn1)CC1CC(c2ccc(CO)cc2)OC(c2ccc(-c3ccccc3CNC(=O)CCCCCCC(=O)NO)cc2)O1. The molecule has 0 bridgehead atoms. The molecule has 0 spiro atoms. The van der Waals surface area contributed by atoms with Crippen molar-refractivity contribution < 1.29 is 29.4 Å². The molecule has 10 heteroatoms. The van der Waals surface area contributed by atoms with Crippen molar-refractivity contribution in [2.75, 3.05) is 20.1 Å². The van der Waals surface area contributed by atoms with Gasteiger partial charge in [-0.2, -0.15) is 0 Å². The number of aliphatic hydroxyl groups excluding tert-OH is 1. The van der Waals surface area contributed by atoms with E-state index in [9.17, 15) is 14.7 Å². The molecule has 2 heterocycles. The van der Waals surface area contributed by atoms with Crippen molar-refractivity contribution in [2.24, 2.45) is 0 Å². The van der Waals surface area contributed by atoms with Gasteiger partial charge in [0, 0.05) is 62.8 Å². The van der Waals surface area contributed by atoms with Crippen LogP contribution >= 0.6 is 0 Å². The molecule has 1 aliphatic heterocycles. The molecule has 51 heavy (non-hydrogen) atoms. The maximum absolute atomic E-state index is 12.6. The van der Waals surface area contributed by atoms with Gasteiger partial charge in [0.2, 0.25) is 11.8 Å². The van der Waals surface area contributed by atoms with Crippen LogP contribution in [0.2, 0.25) is 0 Å². The van der Waals surface area contributed by atoms with Crippen LogP contribution in [0.1, 0.15) is 85.3 Å². The van der Waals surface area contributed by atoms with Gasteiger partial charge in [-0.1, -0.05) is 91.7 Å². The summed E-state index contributed by atoms with van der Waals surface area (Å²) < 4.78 is 13.2. The summed E-state index contributed by atoms with van der Waals surface area (Å²) in [4.78, 5) is 30.4. The van der Waals surface area contributed by atoms with Crippen molar-refractivity contribution in [2.45, 2.75) is 83.0 Å². The predicted octanol–water partition coefficient (Wildman–Crippen LogP) is 6.42. The molecule has 4 aromatic rings. The molecule has 2 amide bonds. The van der Waals surface area contributed by atoms with E-state index in [0.29, 0.717) is 25.8 Å². The fraction of sp³-hybridized carbons (Fsp3) is 0.390. The molecule has 0 aliphatic carbocycles. The Balaban J connectivity index is 1.21. The first-order chi connectivity index (χ1) is 24.9.